The van der Waals surface area contributed by atoms with E-state index >= 15 is 0 Å². The molecule has 0 fully saturated rings. The second-order valence-electron chi connectivity index (χ2n) is 2.68. The zero-order chi connectivity index (χ0) is 9.80. The molecule has 0 aliphatic heterocycles. The van der Waals surface area contributed by atoms with Gasteiger partial charge < -0.3 is 0 Å². The lowest BCUT2D eigenvalue weighted by atomic mass is 10.3. The number of hydrogen-bond donors (Lipinski definition) is 1. The molecule has 0 aliphatic carbocycles. The maximum atomic E-state index is 8.45. The zero-order valence-corrected chi connectivity index (χ0v) is 7.31. The lowest BCUT2D eigenvalue weighted by molar-refractivity contribution is 0.996. The van der Waals surface area contributed by atoms with E-state index in [4.69, 9.17) is 5.26 Å². The van der Waals surface area contributed by atoms with Gasteiger partial charge in [-0.2, -0.15) is 10.4 Å². The van der Waals surface area contributed by atoms with Crippen LogP contribution in [0, 0.1) is 11.3 Å². The molecule has 0 aromatic carbocycles. The van der Waals surface area contributed by atoms with Crippen LogP contribution in [0.5, 0.6) is 0 Å². The highest BCUT2D eigenvalue weighted by atomic mass is 15.2. The summed E-state index contributed by atoms with van der Waals surface area (Å²) in [6.45, 7) is 0. The average molecular weight is 185 g/mol. The van der Waals surface area contributed by atoms with Gasteiger partial charge in [0.1, 0.15) is 5.82 Å². The van der Waals surface area contributed by atoms with Crippen LogP contribution in [0.15, 0.2) is 24.5 Å². The molecule has 2 heterocycles. The van der Waals surface area contributed by atoms with Crippen molar-refractivity contribution < 1.29 is 0 Å². The largest absolute Gasteiger partial charge is 0.264 e. The molecular formula is C9H7N5. The predicted molar refractivity (Wildman–Crippen MR) is 48.9 cm³/mol. The van der Waals surface area contributed by atoms with Crippen LogP contribution in [0.25, 0.3) is 11.4 Å². The van der Waals surface area contributed by atoms with E-state index in [1.165, 1.54) is 0 Å². The Morgan fingerprint density at radius 3 is 3.14 bits per heavy atom. The van der Waals surface area contributed by atoms with E-state index in [1.807, 2.05) is 18.2 Å². The van der Waals surface area contributed by atoms with Crippen LogP contribution in [0.2, 0.25) is 0 Å². The minimum Gasteiger partial charge on any atom is -0.264 e. The summed E-state index contributed by atoms with van der Waals surface area (Å²) in [4.78, 5) is 8.10. The van der Waals surface area contributed by atoms with Gasteiger partial charge in [-0.15, -0.1) is 0 Å². The summed E-state index contributed by atoms with van der Waals surface area (Å²) in [6, 6.07) is 5.68. The van der Waals surface area contributed by atoms with Crippen molar-refractivity contribution >= 4 is 0 Å². The molecule has 14 heavy (non-hydrogen) atoms. The molecule has 1 N–H and O–H groups in total. The number of nitrogens with one attached hydrogen (secondary N) is 1. The number of aromatic nitrogens is 4. The maximum Gasteiger partial charge on any atom is 0.182 e. The van der Waals surface area contributed by atoms with E-state index in [9.17, 15) is 0 Å². The van der Waals surface area contributed by atoms with Gasteiger partial charge in [-0.1, -0.05) is 0 Å². The molecule has 5 nitrogen and oxygen atoms in total. The van der Waals surface area contributed by atoms with Gasteiger partial charge in [-0.3, -0.25) is 10.1 Å². The van der Waals surface area contributed by atoms with Crippen molar-refractivity contribution in [3.05, 3.63) is 30.4 Å². The molecule has 0 amide bonds. The second kappa shape index (κ2) is 3.66. The van der Waals surface area contributed by atoms with Crippen molar-refractivity contribution in [1.29, 1.82) is 5.26 Å². The second-order valence-corrected chi connectivity index (χ2v) is 2.68. The molecule has 5 heteroatoms. The first-order chi connectivity index (χ1) is 6.90. The van der Waals surface area contributed by atoms with Gasteiger partial charge in [0.15, 0.2) is 5.82 Å². The van der Waals surface area contributed by atoms with E-state index in [0.29, 0.717) is 11.6 Å². The first kappa shape index (κ1) is 8.38. The summed E-state index contributed by atoms with van der Waals surface area (Å²) in [5.41, 5.74) is 0.841. The third kappa shape index (κ3) is 1.59. The molecule has 68 valence electrons. The quantitative estimate of drug-likeness (QED) is 0.754. The van der Waals surface area contributed by atoms with Crippen molar-refractivity contribution in [2.45, 2.75) is 6.42 Å². The fraction of sp³-hybridized carbons (Fsp3) is 0.111. The van der Waals surface area contributed by atoms with Gasteiger partial charge in [0.2, 0.25) is 0 Å². The standard InChI is InChI=1S/C9H7N5/c10-4-3-8-12-9(14-13-8)7-2-1-5-11-6-7/h1-2,5-6H,3H2,(H,12,13,14). The van der Waals surface area contributed by atoms with Crippen LogP contribution in [0.1, 0.15) is 5.82 Å². The predicted octanol–water partition coefficient (Wildman–Crippen LogP) is 0.933. The van der Waals surface area contributed by atoms with E-state index in [-0.39, 0.29) is 6.42 Å². The third-order valence-electron chi connectivity index (χ3n) is 1.70. The SMILES string of the molecule is N#CCc1nc(-c2cccnc2)n[nH]1. The Kier molecular flexibility index (Phi) is 2.19. The fourth-order valence-corrected chi connectivity index (χ4v) is 1.07. The smallest absolute Gasteiger partial charge is 0.182 e. The number of aromatic amines is 1. The summed E-state index contributed by atoms with van der Waals surface area (Å²) in [5.74, 6) is 1.15. The Labute approximate surface area is 80.4 Å². The van der Waals surface area contributed by atoms with Crippen molar-refractivity contribution in [3.63, 3.8) is 0 Å². The van der Waals surface area contributed by atoms with Crippen molar-refractivity contribution in [1.82, 2.24) is 20.2 Å². The summed E-state index contributed by atoms with van der Waals surface area (Å²) >= 11 is 0. The molecule has 2 rings (SSSR count). The van der Waals surface area contributed by atoms with Crippen molar-refractivity contribution in [3.8, 4) is 17.5 Å². The molecule has 0 radical (unpaired) electrons. The molecule has 2 aromatic rings. The van der Waals surface area contributed by atoms with Gasteiger partial charge in [0.25, 0.3) is 0 Å². The monoisotopic (exact) mass is 185 g/mol. The molecule has 0 unspecified atom stereocenters. The van der Waals surface area contributed by atoms with Gasteiger partial charge >= 0.3 is 0 Å². The zero-order valence-electron chi connectivity index (χ0n) is 7.31. The number of H-pyrrole nitrogens is 1. The molecule has 0 saturated carbocycles. The number of rotatable bonds is 2. The molecule has 2 aromatic heterocycles. The Morgan fingerprint density at radius 1 is 1.50 bits per heavy atom. The van der Waals surface area contributed by atoms with Crippen molar-refractivity contribution in [2.24, 2.45) is 0 Å². The van der Waals surface area contributed by atoms with Crippen LogP contribution in [0.3, 0.4) is 0 Å². The van der Waals surface area contributed by atoms with E-state index < -0.39 is 0 Å². The minimum absolute atomic E-state index is 0.243. The number of nitrogens with zero attached hydrogens (tertiary/aromatic N) is 4. The van der Waals surface area contributed by atoms with E-state index in [1.54, 1.807) is 12.4 Å². The Balaban J connectivity index is 2.31. The average Bonchev–Trinajstić information content (AvgIpc) is 2.68. The highest BCUT2D eigenvalue weighted by Crippen LogP contribution is 2.11. The van der Waals surface area contributed by atoms with Crippen LogP contribution >= 0.6 is 0 Å². The number of pyridine rings is 1. The summed E-state index contributed by atoms with van der Waals surface area (Å²) < 4.78 is 0. The topological polar surface area (TPSA) is 78.2 Å². The Morgan fingerprint density at radius 2 is 2.43 bits per heavy atom. The van der Waals surface area contributed by atoms with Crippen LogP contribution < -0.4 is 0 Å². The van der Waals surface area contributed by atoms with Gasteiger partial charge in [0, 0.05) is 18.0 Å². The normalized spacial score (nSPS) is 9.64. The molecule has 0 bridgehead atoms. The lowest BCUT2D eigenvalue weighted by Gasteiger charge is -1.90. The van der Waals surface area contributed by atoms with Crippen LogP contribution in [-0.2, 0) is 6.42 Å². The molecule has 0 spiro atoms. The molecular weight excluding hydrogens is 178 g/mol. The lowest BCUT2D eigenvalue weighted by Crippen LogP contribution is -1.84. The molecule has 0 saturated heterocycles. The summed E-state index contributed by atoms with van der Waals surface area (Å²) in [7, 11) is 0. The summed E-state index contributed by atoms with van der Waals surface area (Å²) in [6.07, 6.45) is 3.61. The molecule has 0 atom stereocenters. The first-order valence-corrected chi connectivity index (χ1v) is 4.09. The minimum atomic E-state index is 0.243. The van der Waals surface area contributed by atoms with Gasteiger partial charge in [-0.25, -0.2) is 4.98 Å². The van der Waals surface area contributed by atoms with Crippen LogP contribution in [-0.4, -0.2) is 20.2 Å². The van der Waals surface area contributed by atoms with Crippen LogP contribution in [0.4, 0.5) is 0 Å². The highest BCUT2D eigenvalue weighted by molar-refractivity contribution is 5.52. The van der Waals surface area contributed by atoms with Gasteiger partial charge in [0.05, 0.1) is 12.5 Å². The van der Waals surface area contributed by atoms with Gasteiger partial charge in [-0.05, 0) is 12.1 Å². The Hall–Kier alpha value is -2.22. The first-order valence-electron chi connectivity index (χ1n) is 4.09. The molecule has 0 aliphatic rings. The summed E-state index contributed by atoms with van der Waals surface area (Å²) in [5, 5.41) is 15.1. The fourth-order valence-electron chi connectivity index (χ4n) is 1.07. The van der Waals surface area contributed by atoms with E-state index in [0.717, 1.165) is 5.56 Å². The highest BCUT2D eigenvalue weighted by Gasteiger charge is 2.04. The maximum absolute atomic E-state index is 8.45. The number of hydrogen-bond acceptors (Lipinski definition) is 4. The number of nitriles is 1. The third-order valence-corrected chi connectivity index (χ3v) is 1.70. The van der Waals surface area contributed by atoms with Crippen molar-refractivity contribution in [2.75, 3.05) is 0 Å². The Bertz CT molecular complexity index is 454. The van der Waals surface area contributed by atoms with E-state index in [2.05, 4.69) is 20.2 Å².